The van der Waals surface area contributed by atoms with Gasteiger partial charge in [-0.15, -0.1) is 0 Å². The van der Waals surface area contributed by atoms with Crippen LogP contribution in [0.15, 0.2) is 72.9 Å². The number of phosphoric ester groups is 1. The van der Waals surface area contributed by atoms with Gasteiger partial charge in [-0.05, 0) is 64.2 Å². The van der Waals surface area contributed by atoms with Crippen LogP contribution in [0.4, 0.5) is 0 Å². The largest absolute Gasteiger partial charge is 0.472 e. The van der Waals surface area contributed by atoms with Gasteiger partial charge in [0.2, 0.25) is 5.91 Å². The third kappa shape index (κ3) is 63.4. The number of carbonyl (C=O) groups is 1. The number of phosphoric acid groups is 1. The van der Waals surface area contributed by atoms with Gasteiger partial charge in [0.1, 0.15) is 13.2 Å². The lowest BCUT2D eigenvalue weighted by molar-refractivity contribution is -0.870. The number of rotatable bonds is 62. The van der Waals surface area contributed by atoms with E-state index >= 15 is 0 Å². The Morgan fingerprint density at radius 3 is 1.11 bits per heavy atom. The highest BCUT2D eigenvalue weighted by Gasteiger charge is 2.28. The molecular formula is C70H132N2O6P+. The average Bonchev–Trinajstić information content (AvgIpc) is 3.42. The number of hydrogen-bond donors (Lipinski definition) is 3. The fraction of sp³-hybridized carbons (Fsp3) is 0.814. The number of nitrogens with one attached hydrogen (secondary N) is 1. The van der Waals surface area contributed by atoms with Crippen molar-refractivity contribution in [1.29, 1.82) is 0 Å². The normalized spacial score (nSPS) is 14.2. The average molecular weight is 1130 g/mol. The molecular weight excluding hydrogens is 996 g/mol. The van der Waals surface area contributed by atoms with Gasteiger partial charge in [-0.1, -0.05) is 318 Å². The molecule has 3 unspecified atom stereocenters. The molecule has 0 aliphatic rings. The number of unbranched alkanes of at least 4 members (excludes halogenated alkanes) is 37. The molecule has 0 bridgehead atoms. The van der Waals surface area contributed by atoms with Crippen molar-refractivity contribution >= 4 is 13.7 Å². The topological polar surface area (TPSA) is 105 Å². The predicted octanol–water partition coefficient (Wildman–Crippen LogP) is 21.4. The molecule has 8 nitrogen and oxygen atoms in total. The van der Waals surface area contributed by atoms with E-state index in [1.807, 2.05) is 21.1 Å². The summed E-state index contributed by atoms with van der Waals surface area (Å²) in [4.78, 5) is 23.4. The van der Waals surface area contributed by atoms with Crippen LogP contribution >= 0.6 is 7.82 Å². The van der Waals surface area contributed by atoms with Crippen LogP contribution in [0.1, 0.15) is 316 Å². The maximum atomic E-state index is 13.1. The Morgan fingerprint density at radius 2 is 0.759 bits per heavy atom. The zero-order valence-electron chi connectivity index (χ0n) is 52.9. The van der Waals surface area contributed by atoms with Gasteiger partial charge >= 0.3 is 7.82 Å². The summed E-state index contributed by atoms with van der Waals surface area (Å²) in [6.45, 7) is 4.81. The highest BCUT2D eigenvalue weighted by Crippen LogP contribution is 2.43. The van der Waals surface area contributed by atoms with Crippen LogP contribution < -0.4 is 5.32 Å². The van der Waals surface area contributed by atoms with Gasteiger partial charge in [0.25, 0.3) is 0 Å². The predicted molar refractivity (Wildman–Crippen MR) is 346 cm³/mol. The lowest BCUT2D eigenvalue weighted by Gasteiger charge is -2.26. The summed E-state index contributed by atoms with van der Waals surface area (Å²) in [5, 5.41) is 14.1. The lowest BCUT2D eigenvalue weighted by atomic mass is 10.0. The molecule has 0 aliphatic heterocycles. The van der Waals surface area contributed by atoms with Gasteiger partial charge in [0.15, 0.2) is 0 Å². The van der Waals surface area contributed by atoms with Crippen LogP contribution in [0.25, 0.3) is 0 Å². The van der Waals surface area contributed by atoms with E-state index in [1.54, 1.807) is 0 Å². The molecule has 0 saturated heterocycles. The van der Waals surface area contributed by atoms with E-state index in [1.165, 1.54) is 212 Å². The SMILES string of the molecule is CC/C=C\C/C=C\C/C=C\C/C=C\C/C=C\C/C=C\CCCCCCCCCCCCCCCCC(=O)NC(COP(=O)(O)OCC[N+](C)(C)C)C(O)CCCCCCCCCCCCCCCCCCCCCCCCCC. The zero-order chi connectivity index (χ0) is 57.7. The van der Waals surface area contributed by atoms with Crippen molar-refractivity contribution < 1.29 is 32.9 Å². The molecule has 9 heteroatoms. The first-order chi connectivity index (χ1) is 38.5. The minimum atomic E-state index is -4.33. The van der Waals surface area contributed by atoms with Crippen molar-refractivity contribution in [3.05, 3.63) is 72.9 Å². The van der Waals surface area contributed by atoms with Crippen molar-refractivity contribution in [1.82, 2.24) is 5.32 Å². The minimum absolute atomic E-state index is 0.0735. The number of amides is 1. The maximum Gasteiger partial charge on any atom is 0.472 e. The van der Waals surface area contributed by atoms with Crippen molar-refractivity contribution in [3.63, 3.8) is 0 Å². The minimum Gasteiger partial charge on any atom is -0.391 e. The Bertz CT molecular complexity index is 1520. The van der Waals surface area contributed by atoms with E-state index in [-0.39, 0.29) is 19.1 Å². The highest BCUT2D eigenvalue weighted by molar-refractivity contribution is 7.47. The summed E-state index contributed by atoms with van der Waals surface area (Å²) in [5.74, 6) is -0.143. The summed E-state index contributed by atoms with van der Waals surface area (Å²) >= 11 is 0. The van der Waals surface area contributed by atoms with Crippen LogP contribution in [-0.4, -0.2) is 73.4 Å². The smallest absolute Gasteiger partial charge is 0.391 e. The van der Waals surface area contributed by atoms with Crippen LogP contribution in [0.2, 0.25) is 0 Å². The summed E-state index contributed by atoms with van der Waals surface area (Å²) in [6, 6.07) is -0.765. The molecule has 0 saturated carbocycles. The number of likely N-dealkylation sites (N-methyl/N-ethyl adjacent to an activating group) is 1. The van der Waals surface area contributed by atoms with E-state index in [9.17, 15) is 19.4 Å². The third-order valence-electron chi connectivity index (χ3n) is 15.2. The third-order valence-corrected chi connectivity index (χ3v) is 16.2. The molecule has 1 amide bonds. The summed E-state index contributed by atoms with van der Waals surface area (Å²) < 4.78 is 23.9. The van der Waals surface area contributed by atoms with E-state index in [0.29, 0.717) is 23.9 Å². The molecule has 0 radical (unpaired) electrons. The van der Waals surface area contributed by atoms with E-state index < -0.39 is 20.0 Å². The second-order valence-electron chi connectivity index (χ2n) is 24.2. The Kier molecular flexibility index (Phi) is 59.0. The first-order valence-electron chi connectivity index (χ1n) is 33.8. The van der Waals surface area contributed by atoms with E-state index in [0.717, 1.165) is 77.0 Å². The number of aliphatic hydroxyl groups is 1. The lowest BCUT2D eigenvalue weighted by Crippen LogP contribution is -2.46. The van der Waals surface area contributed by atoms with E-state index in [2.05, 4.69) is 92.1 Å². The number of hydrogen-bond acceptors (Lipinski definition) is 5. The fourth-order valence-corrected chi connectivity index (χ4v) is 10.7. The van der Waals surface area contributed by atoms with Gasteiger partial charge in [0.05, 0.1) is 39.9 Å². The number of nitrogens with zero attached hydrogens (tertiary/aromatic N) is 1. The second kappa shape index (κ2) is 60.5. The van der Waals surface area contributed by atoms with Gasteiger partial charge in [-0.2, -0.15) is 0 Å². The van der Waals surface area contributed by atoms with Crippen molar-refractivity contribution in [2.24, 2.45) is 0 Å². The van der Waals surface area contributed by atoms with Crippen molar-refractivity contribution in [2.75, 3.05) is 40.9 Å². The summed E-state index contributed by atoms with van der Waals surface area (Å²) in [6.07, 6.45) is 84.1. The maximum absolute atomic E-state index is 13.1. The molecule has 0 aromatic carbocycles. The summed E-state index contributed by atoms with van der Waals surface area (Å²) in [5.41, 5.74) is 0. The fourth-order valence-electron chi connectivity index (χ4n) is 10.00. The Balaban J connectivity index is 4.06. The van der Waals surface area contributed by atoms with Crippen LogP contribution in [0.3, 0.4) is 0 Å². The molecule has 0 aromatic rings. The second-order valence-corrected chi connectivity index (χ2v) is 25.6. The van der Waals surface area contributed by atoms with E-state index in [4.69, 9.17) is 9.05 Å². The van der Waals surface area contributed by atoms with Crippen LogP contribution in [0, 0.1) is 0 Å². The molecule has 3 atom stereocenters. The van der Waals surface area contributed by atoms with Crippen LogP contribution in [0.5, 0.6) is 0 Å². The number of carbonyl (C=O) groups excluding carboxylic acids is 1. The first kappa shape index (κ1) is 76.9. The Morgan fingerprint density at radius 1 is 0.443 bits per heavy atom. The van der Waals surface area contributed by atoms with Crippen molar-refractivity contribution in [3.8, 4) is 0 Å². The number of allylic oxidation sites excluding steroid dienone is 12. The van der Waals surface area contributed by atoms with Crippen LogP contribution in [-0.2, 0) is 18.4 Å². The molecule has 79 heavy (non-hydrogen) atoms. The standard InChI is InChI=1S/C70H131N2O6P/c1-6-8-10-12-14-16-18-20-22-24-26-28-30-32-33-34-35-36-37-38-39-40-42-44-46-48-50-52-54-56-58-60-62-64-70(74)71-68(67-78-79(75,76)77-66-65-72(3,4)5)69(73)63-61-59-57-55-53-51-49-47-45-43-41-31-29-27-25-23-21-19-17-15-13-11-9-7-2/h8,10,14,16,20,22,26,28,32-33,35-36,68-69,73H,6-7,9,11-13,15,17-19,21,23-25,27,29-31,34,37-67H2,1-5H3,(H-,71,74,75,76)/p+1/b10-8-,16-14-,22-20-,28-26-,33-32-,36-35-. The van der Waals surface area contributed by atoms with Gasteiger partial charge in [-0.3, -0.25) is 13.8 Å². The molecule has 0 aliphatic carbocycles. The summed E-state index contributed by atoms with van der Waals surface area (Å²) in [7, 11) is 1.62. The first-order valence-corrected chi connectivity index (χ1v) is 35.3. The number of quaternary nitrogens is 1. The molecule has 0 rings (SSSR count). The Hall–Kier alpha value is -2.06. The molecule has 0 fully saturated rings. The monoisotopic (exact) mass is 1130 g/mol. The zero-order valence-corrected chi connectivity index (χ0v) is 53.8. The molecule has 0 heterocycles. The van der Waals surface area contributed by atoms with Crippen molar-refractivity contribution in [2.45, 2.75) is 328 Å². The van der Waals surface area contributed by atoms with Gasteiger partial charge in [-0.25, -0.2) is 4.57 Å². The molecule has 462 valence electrons. The molecule has 0 aromatic heterocycles. The molecule has 3 N–H and O–H groups in total. The number of aliphatic hydroxyl groups excluding tert-OH is 1. The van der Waals surface area contributed by atoms with Gasteiger partial charge < -0.3 is 19.8 Å². The Labute approximate surface area is 491 Å². The highest BCUT2D eigenvalue weighted by atomic mass is 31.2. The van der Waals surface area contributed by atoms with Gasteiger partial charge in [0, 0.05) is 6.42 Å². The molecule has 0 spiro atoms. The quantitative estimate of drug-likeness (QED) is 0.0243.